The minimum Gasteiger partial charge on any atom is -0.459 e. The molecule has 1 unspecified atom stereocenters. The van der Waals surface area contributed by atoms with E-state index < -0.39 is 11.8 Å². The highest BCUT2D eigenvalue weighted by Crippen LogP contribution is 2.36. The molecule has 0 bridgehead atoms. The van der Waals surface area contributed by atoms with Crippen LogP contribution in [0.5, 0.6) is 0 Å². The summed E-state index contributed by atoms with van der Waals surface area (Å²) in [6.07, 6.45) is -0.382. The first kappa shape index (κ1) is 17.2. The number of esters is 1. The molecule has 3 rings (SSSR count). The van der Waals surface area contributed by atoms with Crippen molar-refractivity contribution in [3.63, 3.8) is 0 Å². The van der Waals surface area contributed by atoms with Gasteiger partial charge in [-0.25, -0.2) is 4.79 Å². The summed E-state index contributed by atoms with van der Waals surface area (Å²) in [6, 6.07) is 15.9. The molecule has 4 nitrogen and oxygen atoms in total. The molecule has 0 saturated carbocycles. The maximum atomic E-state index is 12.0. The van der Waals surface area contributed by atoms with Gasteiger partial charge in [-0.3, -0.25) is 0 Å². The summed E-state index contributed by atoms with van der Waals surface area (Å²) in [6.45, 7) is 0.386. The average molecular weight is 367 g/mol. The van der Waals surface area contributed by atoms with Gasteiger partial charge in [-0.05, 0) is 24.3 Å². The summed E-state index contributed by atoms with van der Waals surface area (Å²) >= 11 is 12.0. The maximum Gasteiger partial charge on any atom is 0.338 e. The first-order chi connectivity index (χ1) is 11.6. The van der Waals surface area contributed by atoms with Gasteiger partial charge in [0.2, 0.25) is 5.79 Å². The molecule has 1 aliphatic rings. The number of carbonyl (C=O) groups is 1. The van der Waals surface area contributed by atoms with Crippen molar-refractivity contribution in [2.24, 2.45) is 0 Å². The molecule has 0 N–H and O–H groups in total. The molecule has 126 valence electrons. The zero-order chi connectivity index (χ0) is 17.0. The molecule has 1 saturated heterocycles. The van der Waals surface area contributed by atoms with Gasteiger partial charge in [0.15, 0.2) is 0 Å². The van der Waals surface area contributed by atoms with Crippen LogP contribution in [0.1, 0.15) is 15.9 Å². The van der Waals surface area contributed by atoms with Crippen LogP contribution in [-0.4, -0.2) is 31.2 Å². The number of hydrogen-bond donors (Lipinski definition) is 0. The van der Waals surface area contributed by atoms with Gasteiger partial charge in [-0.2, -0.15) is 0 Å². The zero-order valence-corrected chi connectivity index (χ0v) is 14.3. The van der Waals surface area contributed by atoms with E-state index in [1.54, 1.807) is 36.4 Å². The minimum absolute atomic E-state index is 0.0972. The molecule has 2 atom stereocenters. The molecule has 0 radical (unpaired) electrons. The van der Waals surface area contributed by atoms with Crippen LogP contribution in [0.3, 0.4) is 0 Å². The minimum atomic E-state index is -1.05. The van der Waals surface area contributed by atoms with Crippen molar-refractivity contribution in [3.05, 3.63) is 70.7 Å². The number of benzene rings is 2. The second kappa shape index (κ2) is 7.53. The van der Waals surface area contributed by atoms with Gasteiger partial charge in [-0.1, -0.05) is 41.9 Å². The van der Waals surface area contributed by atoms with Crippen LogP contribution >= 0.6 is 23.2 Å². The van der Waals surface area contributed by atoms with Crippen LogP contribution in [0.2, 0.25) is 5.02 Å². The van der Waals surface area contributed by atoms with Gasteiger partial charge in [0.05, 0.1) is 18.1 Å². The predicted octanol–water partition coefficient (Wildman–Crippen LogP) is 4.00. The molecule has 1 aliphatic heterocycles. The fourth-order valence-corrected chi connectivity index (χ4v) is 2.90. The Balaban J connectivity index is 1.62. The van der Waals surface area contributed by atoms with Gasteiger partial charge >= 0.3 is 5.97 Å². The molecule has 1 fully saturated rings. The van der Waals surface area contributed by atoms with Crippen LogP contribution in [-0.2, 0) is 20.0 Å². The van der Waals surface area contributed by atoms with Crippen LogP contribution in [0, 0.1) is 0 Å². The number of ether oxygens (including phenoxy) is 3. The van der Waals surface area contributed by atoms with Crippen molar-refractivity contribution >= 4 is 29.2 Å². The lowest BCUT2D eigenvalue weighted by molar-refractivity contribution is -0.162. The highest BCUT2D eigenvalue weighted by Gasteiger charge is 2.43. The van der Waals surface area contributed by atoms with Crippen molar-refractivity contribution in [3.8, 4) is 0 Å². The topological polar surface area (TPSA) is 44.8 Å². The molecule has 1 heterocycles. The molecule has 0 amide bonds. The SMILES string of the molecule is O=C(OC[C@@H]1COC(CCl)(c2ccc(Cl)cc2)O1)c1ccccc1. The Hall–Kier alpha value is -1.59. The molecule has 24 heavy (non-hydrogen) atoms. The van der Waals surface area contributed by atoms with Crippen molar-refractivity contribution in [2.75, 3.05) is 19.1 Å². The van der Waals surface area contributed by atoms with E-state index >= 15 is 0 Å². The first-order valence-electron chi connectivity index (χ1n) is 7.49. The van der Waals surface area contributed by atoms with Gasteiger partial charge in [0, 0.05) is 10.6 Å². The normalized spacial score (nSPS) is 23.2. The van der Waals surface area contributed by atoms with E-state index in [-0.39, 0.29) is 25.2 Å². The van der Waals surface area contributed by atoms with E-state index in [2.05, 4.69) is 0 Å². The molecular formula is C18H16Cl2O4. The summed E-state index contributed by atoms with van der Waals surface area (Å²) in [5, 5.41) is 0.620. The Kier molecular flexibility index (Phi) is 5.41. The Labute approximate surface area is 150 Å². The van der Waals surface area contributed by atoms with E-state index in [0.29, 0.717) is 10.6 Å². The number of alkyl halides is 1. The van der Waals surface area contributed by atoms with E-state index in [1.807, 2.05) is 18.2 Å². The first-order valence-corrected chi connectivity index (χ1v) is 8.40. The van der Waals surface area contributed by atoms with Gasteiger partial charge < -0.3 is 14.2 Å². The third-order valence-electron chi connectivity index (χ3n) is 3.73. The van der Waals surface area contributed by atoms with Gasteiger partial charge in [0.25, 0.3) is 0 Å². The summed E-state index contributed by atoms with van der Waals surface area (Å²) < 4.78 is 17.0. The van der Waals surface area contributed by atoms with Crippen LogP contribution < -0.4 is 0 Å². The highest BCUT2D eigenvalue weighted by atomic mass is 35.5. The van der Waals surface area contributed by atoms with Crippen molar-refractivity contribution in [1.29, 1.82) is 0 Å². The predicted molar refractivity (Wildman–Crippen MR) is 91.4 cm³/mol. The Morgan fingerprint density at radius 2 is 1.88 bits per heavy atom. The quantitative estimate of drug-likeness (QED) is 0.592. The molecule has 0 aromatic heterocycles. The third kappa shape index (κ3) is 3.73. The Morgan fingerprint density at radius 3 is 2.54 bits per heavy atom. The summed E-state index contributed by atoms with van der Waals surface area (Å²) in [5.41, 5.74) is 1.27. The molecular weight excluding hydrogens is 351 g/mol. The number of hydrogen-bond acceptors (Lipinski definition) is 4. The molecule has 2 aromatic carbocycles. The van der Waals surface area contributed by atoms with Gasteiger partial charge in [-0.15, -0.1) is 11.6 Å². The lowest BCUT2D eigenvalue weighted by Gasteiger charge is -2.26. The van der Waals surface area contributed by atoms with E-state index in [1.165, 1.54) is 0 Å². The second-order valence-electron chi connectivity index (χ2n) is 5.41. The lowest BCUT2D eigenvalue weighted by Crippen LogP contribution is -2.31. The van der Waals surface area contributed by atoms with Crippen LogP contribution in [0.4, 0.5) is 0 Å². The number of halogens is 2. The fraction of sp³-hybridized carbons (Fsp3) is 0.278. The molecule has 6 heteroatoms. The Morgan fingerprint density at radius 1 is 1.17 bits per heavy atom. The average Bonchev–Trinajstić information content (AvgIpc) is 3.06. The standard InChI is InChI=1S/C18H16Cl2O4/c19-12-18(14-6-8-15(20)9-7-14)23-11-16(24-18)10-22-17(21)13-4-2-1-3-5-13/h1-9,16H,10-12H2/t16-,18?/m1/s1. The molecule has 2 aromatic rings. The largest absolute Gasteiger partial charge is 0.459 e. The van der Waals surface area contributed by atoms with Crippen molar-refractivity contribution in [2.45, 2.75) is 11.9 Å². The van der Waals surface area contributed by atoms with E-state index in [0.717, 1.165) is 5.56 Å². The van der Waals surface area contributed by atoms with Crippen molar-refractivity contribution < 1.29 is 19.0 Å². The van der Waals surface area contributed by atoms with E-state index in [9.17, 15) is 4.79 Å². The number of carbonyl (C=O) groups excluding carboxylic acids is 1. The Bertz CT molecular complexity index is 690. The summed E-state index contributed by atoms with van der Waals surface area (Å²) in [5.74, 6) is -1.32. The van der Waals surface area contributed by atoms with E-state index in [4.69, 9.17) is 37.4 Å². The number of rotatable bonds is 5. The monoisotopic (exact) mass is 366 g/mol. The second-order valence-corrected chi connectivity index (χ2v) is 6.11. The zero-order valence-electron chi connectivity index (χ0n) is 12.8. The lowest BCUT2D eigenvalue weighted by atomic mass is 10.1. The fourth-order valence-electron chi connectivity index (χ4n) is 2.48. The molecule has 0 spiro atoms. The van der Waals surface area contributed by atoms with Gasteiger partial charge in [0.1, 0.15) is 12.7 Å². The summed E-state index contributed by atoms with van der Waals surface area (Å²) in [7, 11) is 0. The smallest absolute Gasteiger partial charge is 0.338 e. The molecule has 0 aliphatic carbocycles. The maximum absolute atomic E-state index is 12.0. The van der Waals surface area contributed by atoms with Crippen LogP contribution in [0.15, 0.2) is 54.6 Å². The summed E-state index contributed by atoms with van der Waals surface area (Å²) in [4.78, 5) is 12.0. The highest BCUT2D eigenvalue weighted by molar-refractivity contribution is 6.30. The van der Waals surface area contributed by atoms with Crippen LogP contribution in [0.25, 0.3) is 0 Å². The third-order valence-corrected chi connectivity index (χ3v) is 4.33. The van der Waals surface area contributed by atoms with Crippen molar-refractivity contribution in [1.82, 2.24) is 0 Å².